The van der Waals surface area contributed by atoms with Crippen LogP contribution in [0.3, 0.4) is 0 Å². The lowest BCUT2D eigenvalue weighted by Gasteiger charge is -2.05. The molecule has 0 aliphatic rings. The molecular weight excluding hydrogens is 308 g/mol. The van der Waals surface area contributed by atoms with E-state index in [1.54, 1.807) is 12.1 Å². The van der Waals surface area contributed by atoms with Crippen LogP contribution >= 0.6 is 0 Å². The summed E-state index contributed by atoms with van der Waals surface area (Å²) in [4.78, 5) is 0.221. The SMILES string of the molecule is CCCCCCCCCCCC[N]S(=O)(=O)c1ccc(N)cc1. The number of nitrogens with zero attached hydrogens (tertiary/aromatic N) is 1. The second kappa shape index (κ2) is 11.5. The van der Waals surface area contributed by atoms with Crippen LogP contribution in [0.4, 0.5) is 5.69 Å². The summed E-state index contributed by atoms with van der Waals surface area (Å²) in [7, 11) is -3.52. The van der Waals surface area contributed by atoms with E-state index in [0.717, 1.165) is 12.8 Å². The number of hydrogen-bond donors (Lipinski definition) is 1. The van der Waals surface area contributed by atoms with Gasteiger partial charge in [0.2, 0.25) is 0 Å². The van der Waals surface area contributed by atoms with E-state index in [9.17, 15) is 8.42 Å². The van der Waals surface area contributed by atoms with Gasteiger partial charge in [0.15, 0.2) is 0 Å². The molecule has 0 aliphatic carbocycles. The minimum Gasteiger partial charge on any atom is -0.399 e. The largest absolute Gasteiger partial charge is 0.399 e. The van der Waals surface area contributed by atoms with Crippen LogP contribution in [0.15, 0.2) is 29.2 Å². The Morgan fingerprint density at radius 1 is 0.826 bits per heavy atom. The van der Waals surface area contributed by atoms with Crippen LogP contribution in [-0.4, -0.2) is 15.0 Å². The van der Waals surface area contributed by atoms with E-state index < -0.39 is 10.0 Å². The molecule has 0 amide bonds. The molecule has 0 unspecified atom stereocenters. The third-order valence-electron chi connectivity index (χ3n) is 3.95. The maximum absolute atomic E-state index is 12.0. The zero-order chi connectivity index (χ0) is 17.0. The summed E-state index contributed by atoms with van der Waals surface area (Å²) in [6.45, 7) is 2.61. The van der Waals surface area contributed by atoms with Gasteiger partial charge in [0.25, 0.3) is 10.0 Å². The van der Waals surface area contributed by atoms with Gasteiger partial charge in [-0.3, -0.25) is 0 Å². The molecule has 1 aromatic carbocycles. The summed E-state index contributed by atoms with van der Waals surface area (Å²) >= 11 is 0. The van der Waals surface area contributed by atoms with Crippen molar-refractivity contribution in [2.24, 2.45) is 0 Å². The predicted octanol–water partition coefficient (Wildman–Crippen LogP) is 4.48. The molecule has 131 valence electrons. The number of hydrogen-bond acceptors (Lipinski definition) is 3. The Kier molecular flexibility index (Phi) is 9.96. The van der Waals surface area contributed by atoms with Crippen molar-refractivity contribution in [3.8, 4) is 0 Å². The zero-order valence-corrected chi connectivity index (χ0v) is 15.2. The molecule has 4 nitrogen and oxygen atoms in total. The Hall–Kier alpha value is -1.07. The molecule has 0 saturated heterocycles. The third-order valence-corrected chi connectivity index (χ3v) is 5.34. The molecule has 1 aromatic rings. The van der Waals surface area contributed by atoms with Gasteiger partial charge < -0.3 is 5.73 Å². The summed E-state index contributed by atoms with van der Waals surface area (Å²) in [5, 5.41) is 0. The molecule has 0 fully saturated rings. The quantitative estimate of drug-likeness (QED) is 0.425. The molecule has 0 saturated carbocycles. The first kappa shape index (κ1) is 20.0. The fourth-order valence-corrected chi connectivity index (χ4v) is 3.50. The Morgan fingerprint density at radius 2 is 1.30 bits per heavy atom. The maximum atomic E-state index is 12.0. The molecule has 0 atom stereocenters. The monoisotopic (exact) mass is 339 g/mol. The van der Waals surface area contributed by atoms with Crippen LogP contribution < -0.4 is 10.5 Å². The maximum Gasteiger partial charge on any atom is 0.256 e. The number of unbranched alkanes of at least 4 members (excludes halogenated alkanes) is 9. The molecule has 0 aromatic heterocycles. The van der Waals surface area contributed by atoms with Gasteiger partial charge in [0, 0.05) is 12.2 Å². The smallest absolute Gasteiger partial charge is 0.256 e. The molecule has 0 bridgehead atoms. The molecule has 1 radical (unpaired) electrons. The van der Waals surface area contributed by atoms with Crippen molar-refractivity contribution in [3.05, 3.63) is 24.3 Å². The first-order valence-electron chi connectivity index (χ1n) is 8.85. The summed E-state index contributed by atoms with van der Waals surface area (Å²) in [5.41, 5.74) is 6.11. The van der Waals surface area contributed by atoms with Gasteiger partial charge in [-0.25, -0.2) is 8.42 Å². The first-order valence-corrected chi connectivity index (χ1v) is 10.3. The molecule has 0 spiro atoms. The first-order chi connectivity index (χ1) is 11.1. The Morgan fingerprint density at radius 3 is 1.83 bits per heavy atom. The molecule has 5 heteroatoms. The van der Waals surface area contributed by atoms with Crippen LogP contribution in [0.5, 0.6) is 0 Å². The Balaban J connectivity index is 2.05. The number of sulfonamides is 1. The van der Waals surface area contributed by atoms with E-state index in [0.29, 0.717) is 12.2 Å². The fraction of sp³-hybridized carbons (Fsp3) is 0.667. The van der Waals surface area contributed by atoms with Crippen molar-refractivity contribution in [1.82, 2.24) is 4.72 Å². The second-order valence-electron chi connectivity index (χ2n) is 6.08. The second-order valence-corrected chi connectivity index (χ2v) is 7.76. The highest BCUT2D eigenvalue weighted by Crippen LogP contribution is 2.13. The van der Waals surface area contributed by atoms with Crippen LogP contribution in [-0.2, 0) is 10.0 Å². The highest BCUT2D eigenvalue weighted by molar-refractivity contribution is 7.89. The molecule has 2 N–H and O–H groups in total. The molecule has 0 heterocycles. The van der Waals surface area contributed by atoms with Crippen LogP contribution in [0.25, 0.3) is 0 Å². The normalized spacial score (nSPS) is 11.7. The van der Waals surface area contributed by atoms with Gasteiger partial charge in [-0.2, -0.15) is 0 Å². The predicted molar refractivity (Wildman–Crippen MR) is 96.9 cm³/mol. The fourth-order valence-electron chi connectivity index (χ4n) is 2.50. The van der Waals surface area contributed by atoms with Crippen molar-refractivity contribution < 1.29 is 8.42 Å². The van der Waals surface area contributed by atoms with Crippen LogP contribution in [0.2, 0.25) is 0 Å². The molecular formula is C18H31N2O2S. The number of anilines is 1. The average molecular weight is 340 g/mol. The van der Waals surface area contributed by atoms with E-state index in [2.05, 4.69) is 11.6 Å². The van der Waals surface area contributed by atoms with Gasteiger partial charge in [-0.15, -0.1) is 4.72 Å². The average Bonchev–Trinajstić information content (AvgIpc) is 2.53. The lowest BCUT2D eigenvalue weighted by molar-refractivity contribution is 0.547. The zero-order valence-electron chi connectivity index (χ0n) is 14.3. The molecule has 0 aliphatic heterocycles. The lowest BCUT2D eigenvalue weighted by atomic mass is 10.1. The van der Waals surface area contributed by atoms with E-state index >= 15 is 0 Å². The lowest BCUT2D eigenvalue weighted by Crippen LogP contribution is -2.17. The van der Waals surface area contributed by atoms with Crippen LogP contribution in [0.1, 0.15) is 71.1 Å². The van der Waals surface area contributed by atoms with E-state index in [1.807, 2.05) is 0 Å². The van der Waals surface area contributed by atoms with Gasteiger partial charge in [0.1, 0.15) is 0 Å². The number of nitrogens with two attached hydrogens (primary N) is 1. The summed E-state index contributed by atoms with van der Waals surface area (Å²) < 4.78 is 27.8. The summed E-state index contributed by atoms with van der Waals surface area (Å²) in [6, 6.07) is 6.19. The van der Waals surface area contributed by atoms with Gasteiger partial charge in [-0.1, -0.05) is 64.7 Å². The van der Waals surface area contributed by atoms with Gasteiger partial charge in [0.05, 0.1) is 4.90 Å². The summed E-state index contributed by atoms with van der Waals surface area (Å²) in [6.07, 6.45) is 12.3. The van der Waals surface area contributed by atoms with Crippen molar-refractivity contribution in [2.45, 2.75) is 76.0 Å². The van der Waals surface area contributed by atoms with E-state index in [4.69, 9.17) is 5.73 Å². The van der Waals surface area contributed by atoms with Gasteiger partial charge >= 0.3 is 0 Å². The highest BCUT2D eigenvalue weighted by Gasteiger charge is 2.14. The minimum atomic E-state index is -3.52. The number of benzene rings is 1. The van der Waals surface area contributed by atoms with Crippen molar-refractivity contribution in [2.75, 3.05) is 12.3 Å². The Bertz CT molecular complexity index is 512. The molecule has 1 rings (SSSR count). The van der Waals surface area contributed by atoms with Gasteiger partial charge in [-0.05, 0) is 30.7 Å². The topological polar surface area (TPSA) is 74.3 Å². The number of nitrogen functional groups attached to an aromatic ring is 1. The van der Waals surface area contributed by atoms with E-state index in [-0.39, 0.29) is 4.90 Å². The van der Waals surface area contributed by atoms with E-state index in [1.165, 1.54) is 63.5 Å². The highest BCUT2D eigenvalue weighted by atomic mass is 32.2. The van der Waals surface area contributed by atoms with Crippen molar-refractivity contribution in [3.63, 3.8) is 0 Å². The number of rotatable bonds is 13. The summed E-state index contributed by atoms with van der Waals surface area (Å²) in [5.74, 6) is 0. The minimum absolute atomic E-state index is 0.221. The van der Waals surface area contributed by atoms with Crippen molar-refractivity contribution in [1.29, 1.82) is 0 Å². The standard InChI is InChI=1S/C18H31N2O2S/c1-2-3-4-5-6-7-8-9-10-11-16-20-23(21,22)18-14-12-17(19)13-15-18/h12-15H,2-11,16,19H2,1H3. The molecule has 23 heavy (non-hydrogen) atoms. The van der Waals surface area contributed by atoms with Crippen LogP contribution in [0, 0.1) is 0 Å². The third kappa shape index (κ3) is 8.96. The van der Waals surface area contributed by atoms with Crippen molar-refractivity contribution >= 4 is 15.7 Å². The Labute approximate surface area is 141 Å².